The van der Waals surface area contributed by atoms with Crippen LogP contribution in [0, 0.1) is 0 Å². The number of nitrogens with one attached hydrogen (secondary N) is 1. The highest BCUT2D eigenvalue weighted by Crippen LogP contribution is 1.74. The zero-order valence-corrected chi connectivity index (χ0v) is 8.41. The molecule has 0 aliphatic heterocycles. The molecule has 0 aliphatic carbocycles. The van der Waals surface area contributed by atoms with Gasteiger partial charge >= 0.3 is 11.9 Å². The second-order valence-electron chi connectivity index (χ2n) is 2.53. The van der Waals surface area contributed by atoms with E-state index in [-0.39, 0.29) is 0 Å². The van der Waals surface area contributed by atoms with Crippen LogP contribution in [-0.4, -0.2) is 44.8 Å². The molecule has 2 unspecified atom stereocenters. The first-order chi connectivity index (χ1) is 6.75. The summed E-state index contributed by atoms with van der Waals surface area (Å²) in [6, 6.07) is 0. The number of rotatable bonds is 4. The Morgan fingerprint density at radius 3 is 1.33 bits per heavy atom. The Bertz CT molecular complexity index is 201. The van der Waals surface area contributed by atoms with Gasteiger partial charge in [-0.05, 0) is 13.8 Å². The Morgan fingerprint density at radius 2 is 1.27 bits per heavy atom. The summed E-state index contributed by atoms with van der Waals surface area (Å²) in [7, 11) is 0. The normalized spacial score (nSPS) is 13.9. The Hall–Kier alpha value is -1.44. The highest BCUT2D eigenvalue weighted by Gasteiger charge is 1.95. The lowest BCUT2D eigenvalue weighted by molar-refractivity contribution is -0.134. The zero-order valence-electron chi connectivity index (χ0n) is 8.41. The van der Waals surface area contributed by atoms with Gasteiger partial charge in [0.15, 0.2) is 0 Å². The molecule has 0 radical (unpaired) electrons. The largest absolute Gasteiger partial charge is 0.478 e. The smallest absolute Gasteiger partial charge is 0.328 e. The Labute approximate surface area is 86.7 Å². The number of carbonyl (C=O) groups is 2. The Morgan fingerprint density at radius 1 is 1.00 bits per heavy atom. The van der Waals surface area contributed by atoms with Gasteiger partial charge in [0.1, 0.15) is 12.5 Å². The van der Waals surface area contributed by atoms with E-state index in [4.69, 9.17) is 20.4 Å². The van der Waals surface area contributed by atoms with Crippen LogP contribution in [0.3, 0.4) is 0 Å². The van der Waals surface area contributed by atoms with E-state index in [1.54, 1.807) is 13.8 Å². The number of aliphatic hydroxyl groups is 2. The van der Waals surface area contributed by atoms with Gasteiger partial charge in [-0.1, -0.05) is 0 Å². The summed E-state index contributed by atoms with van der Waals surface area (Å²) >= 11 is 0. The summed E-state index contributed by atoms with van der Waals surface area (Å²) in [4.78, 5) is 19.1. The second kappa shape index (κ2) is 9.13. The highest BCUT2D eigenvalue weighted by molar-refractivity contribution is 5.89. The molecule has 0 spiro atoms. The third-order valence-electron chi connectivity index (χ3n) is 0.851. The van der Waals surface area contributed by atoms with Gasteiger partial charge in [0, 0.05) is 12.2 Å². The third kappa shape index (κ3) is 24.5. The third-order valence-corrected chi connectivity index (χ3v) is 0.851. The summed E-state index contributed by atoms with van der Waals surface area (Å²) in [6.45, 7) is 3.10. The van der Waals surface area contributed by atoms with Crippen LogP contribution in [0.25, 0.3) is 0 Å². The van der Waals surface area contributed by atoms with Crippen LogP contribution >= 0.6 is 0 Å². The van der Waals surface area contributed by atoms with Crippen molar-refractivity contribution >= 4 is 11.9 Å². The second-order valence-corrected chi connectivity index (χ2v) is 2.53. The fraction of sp³-hybridized carbons (Fsp3) is 0.500. The minimum atomic E-state index is -1.26. The van der Waals surface area contributed by atoms with Gasteiger partial charge in [0.05, 0.1) is 0 Å². The average molecular weight is 221 g/mol. The summed E-state index contributed by atoms with van der Waals surface area (Å²) in [5, 5.41) is 34.9. The molecule has 0 amide bonds. The molecule has 0 fully saturated rings. The van der Waals surface area contributed by atoms with Crippen molar-refractivity contribution in [3.63, 3.8) is 0 Å². The minimum Gasteiger partial charge on any atom is -0.478 e. The van der Waals surface area contributed by atoms with Gasteiger partial charge in [-0.25, -0.2) is 9.59 Å². The van der Waals surface area contributed by atoms with Crippen LogP contribution in [0.5, 0.6) is 0 Å². The predicted molar refractivity (Wildman–Crippen MR) is 50.9 cm³/mol. The first-order valence-electron chi connectivity index (χ1n) is 4.01. The van der Waals surface area contributed by atoms with E-state index in [1.807, 2.05) is 0 Å². The monoisotopic (exact) mass is 221 g/mol. The minimum absolute atomic E-state index is 0.558. The van der Waals surface area contributed by atoms with Crippen LogP contribution in [0.4, 0.5) is 0 Å². The molecule has 0 aromatic carbocycles. The zero-order chi connectivity index (χ0) is 12.4. The number of hydrogen-bond donors (Lipinski definition) is 5. The molecule has 7 nitrogen and oxygen atoms in total. The van der Waals surface area contributed by atoms with E-state index >= 15 is 0 Å². The van der Waals surface area contributed by atoms with Gasteiger partial charge in [-0.15, -0.1) is 0 Å². The van der Waals surface area contributed by atoms with E-state index in [1.165, 1.54) is 0 Å². The van der Waals surface area contributed by atoms with Crippen molar-refractivity contribution in [2.45, 2.75) is 26.3 Å². The molecule has 15 heavy (non-hydrogen) atoms. The lowest BCUT2D eigenvalue weighted by Gasteiger charge is -2.08. The topological polar surface area (TPSA) is 127 Å². The fourth-order valence-electron chi connectivity index (χ4n) is 0.492. The predicted octanol–water partition coefficient (Wildman–Crippen LogP) is -1.04. The lowest BCUT2D eigenvalue weighted by Crippen LogP contribution is -2.33. The van der Waals surface area contributed by atoms with Gasteiger partial charge in [-0.3, -0.25) is 5.32 Å². The van der Waals surface area contributed by atoms with Gasteiger partial charge in [0.25, 0.3) is 0 Å². The maximum atomic E-state index is 9.55. The first kappa shape index (κ1) is 16.0. The van der Waals surface area contributed by atoms with Gasteiger partial charge in [-0.2, -0.15) is 0 Å². The molecule has 0 heterocycles. The Kier molecular flexibility index (Phi) is 9.74. The quantitative estimate of drug-likeness (QED) is 0.303. The molecule has 0 aliphatic rings. The molecule has 0 aromatic rings. The number of carboxylic acid groups (broad SMARTS) is 2. The number of hydrogen-bond acceptors (Lipinski definition) is 5. The van der Waals surface area contributed by atoms with Crippen molar-refractivity contribution in [2.24, 2.45) is 0 Å². The summed E-state index contributed by atoms with van der Waals surface area (Å²) in [6.07, 6.45) is -0.134. The van der Waals surface area contributed by atoms with E-state index in [0.717, 1.165) is 0 Å². The molecular formula is C8H15NO6. The molecule has 88 valence electrons. The summed E-state index contributed by atoms with van der Waals surface area (Å²) in [5.74, 6) is -2.51. The Balaban J connectivity index is 0. The SMILES string of the molecule is CC(O)NC(C)O.O=C(O)/C=C\C(=O)O. The molecule has 0 rings (SSSR count). The van der Waals surface area contributed by atoms with Gasteiger partial charge in [0.2, 0.25) is 0 Å². The fourth-order valence-corrected chi connectivity index (χ4v) is 0.492. The van der Waals surface area contributed by atoms with E-state index < -0.39 is 24.4 Å². The van der Waals surface area contributed by atoms with Crippen LogP contribution < -0.4 is 5.32 Å². The molecule has 0 saturated carbocycles. The standard InChI is InChI=1S/C4H11NO2.C4H4O4/c1-3(6)5-4(2)7;5-3(6)1-2-4(7)8/h3-7H,1-2H3;1-2H,(H,5,6)(H,7,8)/b;2-1-. The van der Waals surface area contributed by atoms with Crippen LogP contribution in [0.1, 0.15) is 13.8 Å². The maximum absolute atomic E-state index is 9.55. The number of carboxylic acids is 2. The maximum Gasteiger partial charge on any atom is 0.328 e. The number of aliphatic carboxylic acids is 2. The van der Waals surface area contributed by atoms with E-state index in [9.17, 15) is 9.59 Å². The van der Waals surface area contributed by atoms with Crippen molar-refractivity contribution in [1.82, 2.24) is 5.32 Å². The molecule has 0 bridgehead atoms. The molecule has 0 aromatic heterocycles. The van der Waals surface area contributed by atoms with Crippen molar-refractivity contribution in [3.8, 4) is 0 Å². The molecule has 5 N–H and O–H groups in total. The molecular weight excluding hydrogens is 206 g/mol. The van der Waals surface area contributed by atoms with Crippen molar-refractivity contribution in [3.05, 3.63) is 12.2 Å². The summed E-state index contributed by atoms with van der Waals surface area (Å²) in [5.41, 5.74) is 0. The van der Waals surface area contributed by atoms with Crippen molar-refractivity contribution in [1.29, 1.82) is 0 Å². The molecule has 7 heteroatoms. The average Bonchev–Trinajstić information content (AvgIpc) is 1.99. The molecule has 0 saturated heterocycles. The first-order valence-corrected chi connectivity index (χ1v) is 4.01. The van der Waals surface area contributed by atoms with Crippen molar-refractivity contribution in [2.75, 3.05) is 0 Å². The number of aliphatic hydroxyl groups excluding tert-OH is 2. The van der Waals surface area contributed by atoms with E-state index in [0.29, 0.717) is 12.2 Å². The highest BCUT2D eigenvalue weighted by atomic mass is 16.4. The molecule has 2 atom stereocenters. The van der Waals surface area contributed by atoms with Crippen LogP contribution in [0.2, 0.25) is 0 Å². The van der Waals surface area contributed by atoms with Gasteiger partial charge < -0.3 is 20.4 Å². The lowest BCUT2D eigenvalue weighted by atomic mass is 10.5. The van der Waals surface area contributed by atoms with Crippen LogP contribution in [-0.2, 0) is 9.59 Å². The van der Waals surface area contributed by atoms with Crippen molar-refractivity contribution < 1.29 is 30.0 Å². The van der Waals surface area contributed by atoms with Crippen LogP contribution in [0.15, 0.2) is 12.2 Å². The summed E-state index contributed by atoms with van der Waals surface area (Å²) < 4.78 is 0. The van der Waals surface area contributed by atoms with E-state index in [2.05, 4.69) is 5.32 Å².